The Morgan fingerprint density at radius 1 is 1.59 bits per heavy atom. The summed E-state index contributed by atoms with van der Waals surface area (Å²) in [6.07, 6.45) is 5.68. The Labute approximate surface area is 100 Å². The monoisotopic (exact) mass is 230 g/mol. The van der Waals surface area contributed by atoms with Gasteiger partial charge in [0, 0.05) is 24.9 Å². The lowest BCUT2D eigenvalue weighted by Crippen LogP contribution is -2.26. The number of aliphatic hydroxyl groups excluding tert-OH is 1. The van der Waals surface area contributed by atoms with Gasteiger partial charge in [0.15, 0.2) is 0 Å². The molecule has 2 N–H and O–H groups in total. The van der Waals surface area contributed by atoms with Crippen LogP contribution in [-0.4, -0.2) is 28.6 Å². The molecule has 17 heavy (non-hydrogen) atoms. The van der Waals surface area contributed by atoms with Gasteiger partial charge in [0.2, 0.25) is 0 Å². The Bertz CT molecular complexity index is 470. The lowest BCUT2D eigenvalue weighted by atomic mass is 10.1. The van der Waals surface area contributed by atoms with E-state index in [2.05, 4.69) is 22.1 Å². The maximum absolute atomic E-state index is 11.9. The third kappa shape index (κ3) is 3.30. The molecule has 1 aromatic heterocycles. The second-order valence-electron chi connectivity index (χ2n) is 3.94. The molecule has 1 aliphatic carbocycles. The van der Waals surface area contributed by atoms with E-state index in [1.54, 1.807) is 18.5 Å². The Kier molecular flexibility index (Phi) is 3.73. The van der Waals surface area contributed by atoms with Crippen LogP contribution < -0.4 is 5.32 Å². The zero-order valence-electron chi connectivity index (χ0n) is 9.44. The van der Waals surface area contributed by atoms with Crippen LogP contribution in [0.2, 0.25) is 0 Å². The van der Waals surface area contributed by atoms with Gasteiger partial charge in [0.1, 0.15) is 0 Å². The first-order valence-electron chi connectivity index (χ1n) is 5.66. The molecule has 0 unspecified atom stereocenters. The second kappa shape index (κ2) is 5.46. The summed E-state index contributed by atoms with van der Waals surface area (Å²) in [6, 6.07) is 2.00. The van der Waals surface area contributed by atoms with Crippen molar-refractivity contribution in [2.45, 2.75) is 25.3 Å². The van der Waals surface area contributed by atoms with Crippen LogP contribution in [0, 0.1) is 11.8 Å². The fraction of sp³-hybridized carbons (Fsp3) is 0.385. The number of rotatable bonds is 3. The van der Waals surface area contributed by atoms with Gasteiger partial charge in [-0.25, -0.2) is 0 Å². The van der Waals surface area contributed by atoms with Gasteiger partial charge in [-0.3, -0.25) is 9.78 Å². The van der Waals surface area contributed by atoms with E-state index >= 15 is 0 Å². The van der Waals surface area contributed by atoms with Crippen molar-refractivity contribution < 1.29 is 9.90 Å². The van der Waals surface area contributed by atoms with Crippen LogP contribution in [0.4, 0.5) is 0 Å². The summed E-state index contributed by atoms with van der Waals surface area (Å²) < 4.78 is 0. The van der Waals surface area contributed by atoms with Crippen molar-refractivity contribution in [2.75, 3.05) is 6.61 Å². The van der Waals surface area contributed by atoms with Crippen LogP contribution in [0.25, 0.3) is 0 Å². The van der Waals surface area contributed by atoms with Crippen molar-refractivity contribution in [3.63, 3.8) is 0 Å². The summed E-state index contributed by atoms with van der Waals surface area (Å²) in [4.78, 5) is 15.8. The molecule has 4 nitrogen and oxygen atoms in total. The molecular formula is C13H14N2O2. The largest absolute Gasteiger partial charge is 0.395 e. The predicted octanol–water partition coefficient (Wildman–Crippen LogP) is 0.708. The summed E-state index contributed by atoms with van der Waals surface area (Å²) >= 11 is 0. The molecule has 1 heterocycles. The van der Waals surface area contributed by atoms with Gasteiger partial charge < -0.3 is 10.4 Å². The first kappa shape index (κ1) is 11.6. The Morgan fingerprint density at radius 2 is 2.41 bits per heavy atom. The first-order chi connectivity index (χ1) is 8.31. The van der Waals surface area contributed by atoms with E-state index in [-0.39, 0.29) is 12.5 Å². The average molecular weight is 230 g/mol. The van der Waals surface area contributed by atoms with E-state index in [0.29, 0.717) is 23.6 Å². The molecule has 0 atom stereocenters. The zero-order chi connectivity index (χ0) is 12.1. The van der Waals surface area contributed by atoms with E-state index < -0.39 is 0 Å². The number of hydrogen-bond acceptors (Lipinski definition) is 3. The smallest absolute Gasteiger partial charge is 0.252 e. The number of aliphatic hydroxyl groups is 1. The second-order valence-corrected chi connectivity index (χ2v) is 3.94. The number of hydrogen-bond donors (Lipinski definition) is 2. The lowest BCUT2D eigenvalue weighted by molar-refractivity contribution is 0.0950. The maximum Gasteiger partial charge on any atom is 0.252 e. The van der Waals surface area contributed by atoms with Crippen molar-refractivity contribution in [2.24, 2.45) is 0 Å². The molecular weight excluding hydrogens is 216 g/mol. The van der Waals surface area contributed by atoms with Crippen LogP contribution in [-0.2, 0) is 0 Å². The Hall–Kier alpha value is -1.86. The normalized spacial score (nSPS) is 13.7. The fourth-order valence-electron chi connectivity index (χ4n) is 1.40. The quantitative estimate of drug-likeness (QED) is 0.752. The van der Waals surface area contributed by atoms with E-state index in [0.717, 1.165) is 12.8 Å². The van der Waals surface area contributed by atoms with E-state index in [4.69, 9.17) is 5.11 Å². The molecule has 0 bridgehead atoms. The molecule has 1 saturated carbocycles. The standard InChI is InChI=1S/C13H14N2O2/c16-8-2-1-3-10-9-14-7-6-12(10)13(17)15-11-4-5-11/h6-7,9,11,16H,2,4-5,8H2,(H,15,17). The average Bonchev–Trinajstić information content (AvgIpc) is 3.14. The number of carbonyl (C=O) groups is 1. The summed E-state index contributed by atoms with van der Waals surface area (Å²) in [6.45, 7) is 0.0247. The molecule has 1 amide bonds. The van der Waals surface area contributed by atoms with E-state index in [1.807, 2.05) is 0 Å². The third-order valence-electron chi connectivity index (χ3n) is 2.44. The lowest BCUT2D eigenvalue weighted by Gasteiger charge is -2.04. The summed E-state index contributed by atoms with van der Waals surface area (Å²) in [5.74, 6) is 5.56. The fourth-order valence-corrected chi connectivity index (χ4v) is 1.40. The SMILES string of the molecule is O=C(NC1CC1)c1ccncc1C#CCCO. The van der Waals surface area contributed by atoms with Crippen LogP contribution in [0.5, 0.6) is 0 Å². The van der Waals surface area contributed by atoms with E-state index in [1.165, 1.54) is 0 Å². The summed E-state index contributed by atoms with van der Waals surface area (Å²) in [5.41, 5.74) is 1.16. The number of aromatic nitrogens is 1. The number of pyridine rings is 1. The minimum atomic E-state index is -0.0943. The van der Waals surface area contributed by atoms with Crippen molar-refractivity contribution in [1.29, 1.82) is 0 Å². The van der Waals surface area contributed by atoms with Gasteiger partial charge in [-0.05, 0) is 18.9 Å². The van der Waals surface area contributed by atoms with Crippen LogP contribution in [0.3, 0.4) is 0 Å². The number of nitrogens with zero attached hydrogens (tertiary/aromatic N) is 1. The molecule has 0 aromatic carbocycles. The van der Waals surface area contributed by atoms with Gasteiger partial charge in [0.05, 0.1) is 17.7 Å². The van der Waals surface area contributed by atoms with Crippen molar-refractivity contribution in [3.8, 4) is 11.8 Å². The Morgan fingerprint density at radius 3 is 3.12 bits per heavy atom. The van der Waals surface area contributed by atoms with Crippen LogP contribution >= 0.6 is 0 Å². The molecule has 88 valence electrons. The van der Waals surface area contributed by atoms with Gasteiger partial charge >= 0.3 is 0 Å². The Balaban J connectivity index is 2.14. The molecule has 1 aromatic rings. The molecule has 0 saturated heterocycles. The zero-order valence-corrected chi connectivity index (χ0v) is 9.44. The van der Waals surface area contributed by atoms with E-state index in [9.17, 15) is 4.79 Å². The summed E-state index contributed by atoms with van der Waals surface area (Å²) in [7, 11) is 0. The number of amides is 1. The number of nitrogens with one attached hydrogen (secondary N) is 1. The van der Waals surface area contributed by atoms with Gasteiger partial charge in [0.25, 0.3) is 5.91 Å². The van der Waals surface area contributed by atoms with Gasteiger partial charge in [-0.15, -0.1) is 0 Å². The molecule has 0 radical (unpaired) electrons. The molecule has 1 aliphatic rings. The highest BCUT2D eigenvalue weighted by Gasteiger charge is 2.24. The van der Waals surface area contributed by atoms with Crippen molar-refractivity contribution in [1.82, 2.24) is 10.3 Å². The first-order valence-corrected chi connectivity index (χ1v) is 5.66. The van der Waals surface area contributed by atoms with Crippen LogP contribution in [0.1, 0.15) is 35.2 Å². The highest BCUT2D eigenvalue weighted by atomic mass is 16.2. The van der Waals surface area contributed by atoms with Crippen molar-refractivity contribution >= 4 is 5.91 Å². The highest BCUT2D eigenvalue weighted by Crippen LogP contribution is 2.19. The summed E-state index contributed by atoms with van der Waals surface area (Å²) in [5, 5.41) is 11.6. The number of carbonyl (C=O) groups excluding carboxylic acids is 1. The molecule has 2 rings (SSSR count). The maximum atomic E-state index is 11.9. The van der Waals surface area contributed by atoms with Crippen molar-refractivity contribution in [3.05, 3.63) is 29.6 Å². The van der Waals surface area contributed by atoms with Gasteiger partial charge in [-0.1, -0.05) is 11.8 Å². The molecule has 1 fully saturated rings. The van der Waals surface area contributed by atoms with Gasteiger partial charge in [-0.2, -0.15) is 0 Å². The predicted molar refractivity (Wildman–Crippen MR) is 63.3 cm³/mol. The molecule has 0 spiro atoms. The minimum Gasteiger partial charge on any atom is -0.395 e. The third-order valence-corrected chi connectivity index (χ3v) is 2.44. The molecule has 0 aliphatic heterocycles. The topological polar surface area (TPSA) is 62.2 Å². The molecule has 4 heteroatoms. The van der Waals surface area contributed by atoms with Crippen LogP contribution in [0.15, 0.2) is 18.5 Å². The highest BCUT2D eigenvalue weighted by molar-refractivity contribution is 5.96. The minimum absolute atomic E-state index is 0.0247.